The molecule has 0 saturated heterocycles. The first-order valence-electron chi connectivity index (χ1n) is 5.47. The fourth-order valence-electron chi connectivity index (χ4n) is 1.86. The number of hydrogen-bond donors (Lipinski definition) is 3. The van der Waals surface area contributed by atoms with Gasteiger partial charge in [0.05, 0.1) is 11.7 Å². The molecule has 5 nitrogen and oxygen atoms in total. The van der Waals surface area contributed by atoms with E-state index in [9.17, 15) is 10.2 Å². The molecular formula is C11H15N3O2S. The zero-order valence-electron chi connectivity index (χ0n) is 9.71. The molecule has 1 aromatic heterocycles. The Hall–Kier alpha value is -1.40. The molecule has 17 heavy (non-hydrogen) atoms. The van der Waals surface area contributed by atoms with Gasteiger partial charge in [-0.3, -0.25) is 9.67 Å². The van der Waals surface area contributed by atoms with E-state index in [1.54, 1.807) is 6.08 Å². The normalized spacial score (nSPS) is 20.4. The maximum Gasteiger partial charge on any atom is 0.195 e. The minimum Gasteiger partial charge on any atom is -0.507 e. The molecule has 0 saturated carbocycles. The Bertz CT molecular complexity index is 539. The lowest BCUT2D eigenvalue weighted by molar-refractivity contribution is 0.219. The highest BCUT2D eigenvalue weighted by Crippen LogP contribution is 2.27. The van der Waals surface area contributed by atoms with Gasteiger partial charge in [-0.25, -0.2) is 0 Å². The van der Waals surface area contributed by atoms with Gasteiger partial charge in [-0.15, -0.1) is 0 Å². The molecule has 1 heterocycles. The van der Waals surface area contributed by atoms with Crippen molar-refractivity contribution in [3.63, 3.8) is 0 Å². The topological polar surface area (TPSA) is 74.1 Å². The van der Waals surface area contributed by atoms with E-state index in [4.69, 9.17) is 12.2 Å². The smallest absolute Gasteiger partial charge is 0.195 e. The SMILES string of the molecule is CC(C)n1c(C2=CCC(O)C=C2O)n[nH]c1=S. The van der Waals surface area contributed by atoms with Crippen molar-refractivity contribution in [3.8, 4) is 0 Å². The van der Waals surface area contributed by atoms with Crippen LogP contribution in [-0.4, -0.2) is 31.1 Å². The number of aliphatic hydroxyl groups is 2. The molecule has 0 aromatic carbocycles. The quantitative estimate of drug-likeness (QED) is 0.706. The van der Waals surface area contributed by atoms with Crippen molar-refractivity contribution in [2.75, 3.05) is 0 Å². The Morgan fingerprint density at radius 1 is 1.59 bits per heavy atom. The molecule has 0 radical (unpaired) electrons. The van der Waals surface area contributed by atoms with Crippen LogP contribution in [0, 0.1) is 4.77 Å². The minimum atomic E-state index is -0.631. The summed E-state index contributed by atoms with van der Waals surface area (Å²) in [5.41, 5.74) is 0.608. The van der Waals surface area contributed by atoms with E-state index in [0.717, 1.165) is 0 Å². The Morgan fingerprint density at radius 3 is 2.88 bits per heavy atom. The number of allylic oxidation sites excluding steroid dienone is 1. The highest BCUT2D eigenvalue weighted by molar-refractivity contribution is 7.71. The molecule has 0 amide bonds. The molecule has 1 aromatic rings. The molecule has 0 aliphatic heterocycles. The average Bonchev–Trinajstić information content (AvgIpc) is 2.60. The second kappa shape index (κ2) is 4.46. The summed E-state index contributed by atoms with van der Waals surface area (Å²) < 4.78 is 2.36. The average molecular weight is 253 g/mol. The molecule has 1 aliphatic carbocycles. The van der Waals surface area contributed by atoms with Gasteiger partial charge in [-0.2, -0.15) is 5.10 Å². The van der Waals surface area contributed by atoms with E-state index in [2.05, 4.69) is 10.2 Å². The molecule has 0 fully saturated rings. The number of aromatic nitrogens is 3. The summed E-state index contributed by atoms with van der Waals surface area (Å²) in [5.74, 6) is 0.644. The van der Waals surface area contributed by atoms with Crippen LogP contribution in [0.2, 0.25) is 0 Å². The third kappa shape index (κ3) is 2.18. The van der Waals surface area contributed by atoms with Crippen LogP contribution in [-0.2, 0) is 0 Å². The highest BCUT2D eigenvalue weighted by atomic mass is 32.1. The van der Waals surface area contributed by atoms with Crippen molar-refractivity contribution >= 4 is 17.8 Å². The van der Waals surface area contributed by atoms with Crippen LogP contribution in [0.5, 0.6) is 0 Å². The van der Waals surface area contributed by atoms with Gasteiger partial charge < -0.3 is 10.2 Å². The zero-order valence-corrected chi connectivity index (χ0v) is 10.5. The Kier molecular flexibility index (Phi) is 3.17. The van der Waals surface area contributed by atoms with E-state index in [1.807, 2.05) is 18.4 Å². The van der Waals surface area contributed by atoms with Gasteiger partial charge in [0, 0.05) is 6.04 Å². The minimum absolute atomic E-state index is 0.0413. The van der Waals surface area contributed by atoms with Crippen LogP contribution in [0.15, 0.2) is 17.9 Å². The second-order valence-electron chi connectivity index (χ2n) is 4.29. The molecule has 1 atom stereocenters. The standard InChI is InChI=1S/C11H15N3O2S/c1-6(2)14-10(12-13-11(14)17)8-4-3-7(15)5-9(8)16/h4-7,15-16H,3H2,1-2H3,(H,13,17). The third-order valence-corrected chi connectivity index (χ3v) is 2.94. The number of H-pyrrole nitrogens is 1. The molecule has 0 bridgehead atoms. The predicted molar refractivity (Wildman–Crippen MR) is 67.1 cm³/mol. The number of hydrogen-bond acceptors (Lipinski definition) is 4. The first-order valence-corrected chi connectivity index (χ1v) is 5.88. The van der Waals surface area contributed by atoms with E-state index < -0.39 is 6.10 Å². The molecule has 3 N–H and O–H groups in total. The first kappa shape index (κ1) is 12.1. The number of rotatable bonds is 2. The van der Waals surface area contributed by atoms with Gasteiger partial charge >= 0.3 is 0 Å². The molecule has 0 spiro atoms. The van der Waals surface area contributed by atoms with Gasteiger partial charge in [-0.05, 0) is 38.6 Å². The number of aromatic amines is 1. The van der Waals surface area contributed by atoms with Crippen molar-refractivity contribution < 1.29 is 10.2 Å². The van der Waals surface area contributed by atoms with Crippen LogP contribution in [0.1, 0.15) is 32.1 Å². The second-order valence-corrected chi connectivity index (χ2v) is 4.68. The first-order chi connectivity index (χ1) is 8.00. The summed E-state index contributed by atoms with van der Waals surface area (Å²) in [6.45, 7) is 3.99. The van der Waals surface area contributed by atoms with Gasteiger partial charge in [0.2, 0.25) is 0 Å². The van der Waals surface area contributed by atoms with Crippen LogP contribution >= 0.6 is 12.2 Å². The maximum atomic E-state index is 9.84. The van der Waals surface area contributed by atoms with Gasteiger partial charge in [0.25, 0.3) is 0 Å². The van der Waals surface area contributed by atoms with Crippen LogP contribution in [0.25, 0.3) is 5.57 Å². The summed E-state index contributed by atoms with van der Waals surface area (Å²) in [7, 11) is 0. The summed E-state index contributed by atoms with van der Waals surface area (Å²) in [6.07, 6.45) is 3.02. The number of nitrogens with zero attached hydrogens (tertiary/aromatic N) is 2. The van der Waals surface area contributed by atoms with E-state index in [0.29, 0.717) is 22.6 Å². The van der Waals surface area contributed by atoms with Crippen LogP contribution in [0.3, 0.4) is 0 Å². The summed E-state index contributed by atoms with van der Waals surface area (Å²) in [4.78, 5) is 0. The Morgan fingerprint density at radius 2 is 2.29 bits per heavy atom. The molecule has 1 unspecified atom stereocenters. The molecule has 2 rings (SSSR count). The fourth-order valence-corrected chi connectivity index (χ4v) is 2.21. The maximum absolute atomic E-state index is 9.84. The van der Waals surface area contributed by atoms with Gasteiger partial charge in [0.15, 0.2) is 10.6 Å². The Labute approximate surface area is 104 Å². The van der Waals surface area contributed by atoms with Crippen molar-refractivity contribution in [2.24, 2.45) is 0 Å². The third-order valence-electron chi connectivity index (χ3n) is 2.65. The van der Waals surface area contributed by atoms with E-state index in [1.165, 1.54) is 6.08 Å². The number of aliphatic hydroxyl groups excluding tert-OH is 2. The largest absolute Gasteiger partial charge is 0.507 e. The number of nitrogens with one attached hydrogen (secondary N) is 1. The van der Waals surface area contributed by atoms with E-state index >= 15 is 0 Å². The van der Waals surface area contributed by atoms with Crippen molar-refractivity contribution in [2.45, 2.75) is 32.4 Å². The lowest BCUT2D eigenvalue weighted by atomic mass is 10.0. The molecule has 92 valence electrons. The summed E-state index contributed by atoms with van der Waals surface area (Å²) >= 11 is 5.15. The summed E-state index contributed by atoms with van der Waals surface area (Å²) in [6, 6.07) is 0.150. The van der Waals surface area contributed by atoms with E-state index in [-0.39, 0.29) is 11.8 Å². The van der Waals surface area contributed by atoms with Crippen LogP contribution in [0.4, 0.5) is 0 Å². The van der Waals surface area contributed by atoms with Crippen molar-refractivity contribution in [3.05, 3.63) is 28.5 Å². The predicted octanol–water partition coefficient (Wildman–Crippen LogP) is 2.11. The molecule has 6 heteroatoms. The molecule has 1 aliphatic rings. The lowest BCUT2D eigenvalue weighted by Gasteiger charge is -2.16. The van der Waals surface area contributed by atoms with Crippen molar-refractivity contribution in [1.29, 1.82) is 0 Å². The monoisotopic (exact) mass is 253 g/mol. The zero-order chi connectivity index (χ0) is 12.6. The lowest BCUT2D eigenvalue weighted by Crippen LogP contribution is -2.12. The van der Waals surface area contributed by atoms with Gasteiger partial charge in [0.1, 0.15) is 5.76 Å². The highest BCUT2D eigenvalue weighted by Gasteiger charge is 2.20. The van der Waals surface area contributed by atoms with Gasteiger partial charge in [-0.1, -0.05) is 6.08 Å². The van der Waals surface area contributed by atoms with Crippen molar-refractivity contribution in [1.82, 2.24) is 14.8 Å². The van der Waals surface area contributed by atoms with Crippen LogP contribution < -0.4 is 0 Å². The molecular weight excluding hydrogens is 238 g/mol. The Balaban J connectivity index is 2.49. The fraction of sp³-hybridized carbons (Fsp3) is 0.455. The summed E-state index contributed by atoms with van der Waals surface area (Å²) in [5, 5.41) is 26.1.